The molecule has 26 heavy (non-hydrogen) atoms. The van der Waals surface area contributed by atoms with Crippen molar-refractivity contribution < 1.29 is 13.2 Å². The van der Waals surface area contributed by atoms with Gasteiger partial charge in [0.25, 0.3) is 6.43 Å². The molecular formula is C17H15Cl2F3N4. The highest BCUT2D eigenvalue weighted by molar-refractivity contribution is 6.30. The van der Waals surface area contributed by atoms with E-state index in [-0.39, 0.29) is 22.5 Å². The fourth-order valence-electron chi connectivity index (χ4n) is 2.20. The van der Waals surface area contributed by atoms with Crippen molar-refractivity contribution >= 4 is 39.9 Å². The summed E-state index contributed by atoms with van der Waals surface area (Å²) < 4.78 is 39.6. The first-order chi connectivity index (χ1) is 12.5. The minimum atomic E-state index is -2.89. The summed E-state index contributed by atoms with van der Waals surface area (Å²) in [5.41, 5.74) is -0.119. The fourth-order valence-corrected chi connectivity index (χ4v) is 2.53. The molecule has 4 nitrogen and oxygen atoms in total. The Bertz CT molecular complexity index is 907. The highest BCUT2D eigenvalue weighted by Crippen LogP contribution is 2.27. The maximum absolute atomic E-state index is 14.1. The number of alkyl halides is 2. The summed E-state index contributed by atoms with van der Waals surface area (Å²) in [6, 6.07) is 5.36. The Morgan fingerprint density at radius 2 is 1.88 bits per heavy atom. The summed E-state index contributed by atoms with van der Waals surface area (Å²) >= 11 is 11.7. The number of halogens is 5. The molecule has 138 valence electrons. The third kappa shape index (κ3) is 4.53. The van der Waals surface area contributed by atoms with Gasteiger partial charge in [-0.3, -0.25) is 0 Å². The SMILES string of the molecule is CC.Fc1c(CNc2nc(Cl)nc3cnc(Cl)cc23)cccc1C(F)F. The largest absolute Gasteiger partial charge is 0.365 e. The van der Waals surface area contributed by atoms with Crippen LogP contribution in [0.5, 0.6) is 0 Å². The number of nitrogens with zero attached hydrogens (tertiary/aromatic N) is 3. The van der Waals surface area contributed by atoms with Crippen molar-refractivity contribution in [1.82, 2.24) is 15.0 Å². The summed E-state index contributed by atoms with van der Waals surface area (Å²) in [6.45, 7) is 3.94. The normalized spacial score (nSPS) is 10.6. The van der Waals surface area contributed by atoms with Crippen molar-refractivity contribution in [1.29, 1.82) is 0 Å². The molecule has 0 radical (unpaired) electrons. The summed E-state index contributed by atoms with van der Waals surface area (Å²) in [5, 5.41) is 3.60. The first-order valence-corrected chi connectivity index (χ1v) is 8.49. The number of anilines is 1. The standard InChI is InChI=1S/C15H9Cl2F3N4.C2H6/c16-11-4-9-10(6-21-11)23-15(17)24-14(9)22-5-7-2-1-3-8(12(7)18)13(19)20;1-2/h1-4,6,13H,5H2,(H,22,23,24);1-2H3. The monoisotopic (exact) mass is 402 g/mol. The van der Waals surface area contributed by atoms with Crippen molar-refractivity contribution in [3.63, 3.8) is 0 Å². The zero-order valence-corrected chi connectivity index (χ0v) is 15.4. The molecule has 0 amide bonds. The molecule has 0 unspecified atom stereocenters. The Morgan fingerprint density at radius 3 is 2.58 bits per heavy atom. The van der Waals surface area contributed by atoms with E-state index in [9.17, 15) is 13.2 Å². The van der Waals surface area contributed by atoms with Crippen molar-refractivity contribution in [3.8, 4) is 0 Å². The average molecular weight is 403 g/mol. The summed E-state index contributed by atoms with van der Waals surface area (Å²) in [6.07, 6.45) is -1.46. The number of pyridine rings is 1. The van der Waals surface area contributed by atoms with Gasteiger partial charge < -0.3 is 5.32 Å². The van der Waals surface area contributed by atoms with Crippen LogP contribution in [0.3, 0.4) is 0 Å². The molecule has 0 aliphatic rings. The molecule has 3 rings (SSSR count). The maximum atomic E-state index is 14.1. The van der Waals surface area contributed by atoms with E-state index in [0.29, 0.717) is 16.7 Å². The van der Waals surface area contributed by atoms with Crippen molar-refractivity contribution in [2.75, 3.05) is 5.32 Å². The van der Waals surface area contributed by atoms with Gasteiger partial charge in [0.1, 0.15) is 16.8 Å². The molecule has 2 aromatic heterocycles. The van der Waals surface area contributed by atoms with Crippen molar-refractivity contribution in [2.45, 2.75) is 26.8 Å². The second kappa shape index (κ2) is 9.00. The molecule has 0 saturated heterocycles. The Kier molecular flexibility index (Phi) is 6.99. The van der Waals surface area contributed by atoms with Crippen molar-refractivity contribution in [2.24, 2.45) is 0 Å². The van der Waals surface area contributed by atoms with Gasteiger partial charge in [-0.25, -0.2) is 28.1 Å². The number of benzene rings is 1. The molecule has 2 heterocycles. The van der Waals surface area contributed by atoms with Crippen LogP contribution in [0.25, 0.3) is 10.9 Å². The van der Waals surface area contributed by atoms with E-state index in [1.807, 2.05) is 13.8 Å². The molecule has 0 aliphatic heterocycles. The lowest BCUT2D eigenvalue weighted by Gasteiger charge is -2.11. The van der Waals surface area contributed by atoms with E-state index in [4.69, 9.17) is 23.2 Å². The lowest BCUT2D eigenvalue weighted by Crippen LogP contribution is -2.06. The van der Waals surface area contributed by atoms with E-state index in [1.165, 1.54) is 24.4 Å². The highest BCUT2D eigenvalue weighted by Gasteiger charge is 2.16. The summed E-state index contributed by atoms with van der Waals surface area (Å²) in [7, 11) is 0. The fraction of sp³-hybridized carbons (Fsp3) is 0.235. The van der Waals surface area contributed by atoms with Gasteiger partial charge >= 0.3 is 0 Å². The van der Waals surface area contributed by atoms with Gasteiger partial charge in [-0.1, -0.05) is 43.6 Å². The van der Waals surface area contributed by atoms with E-state index in [2.05, 4.69) is 20.3 Å². The summed E-state index contributed by atoms with van der Waals surface area (Å²) in [4.78, 5) is 11.9. The summed E-state index contributed by atoms with van der Waals surface area (Å²) in [5.74, 6) is -0.652. The molecule has 0 bridgehead atoms. The predicted molar refractivity (Wildman–Crippen MR) is 97.4 cm³/mol. The minimum Gasteiger partial charge on any atom is -0.365 e. The van der Waals surface area contributed by atoms with Crippen LogP contribution in [0.1, 0.15) is 31.4 Å². The quantitative estimate of drug-likeness (QED) is 0.426. The molecule has 0 aliphatic carbocycles. The topological polar surface area (TPSA) is 50.7 Å². The molecule has 3 aromatic rings. The minimum absolute atomic E-state index is 0.0316. The molecule has 0 saturated carbocycles. The van der Waals surface area contributed by atoms with Crippen molar-refractivity contribution in [3.05, 3.63) is 57.8 Å². The van der Waals surface area contributed by atoms with Gasteiger partial charge in [0, 0.05) is 17.5 Å². The van der Waals surface area contributed by atoms with Gasteiger partial charge in [-0.2, -0.15) is 0 Å². The van der Waals surface area contributed by atoms with Crippen LogP contribution in [0.4, 0.5) is 19.0 Å². The van der Waals surface area contributed by atoms with E-state index < -0.39 is 17.8 Å². The molecule has 1 aromatic carbocycles. The maximum Gasteiger partial charge on any atom is 0.266 e. The number of nitrogens with one attached hydrogen (secondary N) is 1. The van der Waals surface area contributed by atoms with Gasteiger partial charge in [-0.15, -0.1) is 0 Å². The van der Waals surface area contributed by atoms with Gasteiger partial charge in [0.2, 0.25) is 5.28 Å². The van der Waals surface area contributed by atoms with Crippen LogP contribution in [-0.2, 0) is 6.54 Å². The van der Waals surface area contributed by atoms with Gasteiger partial charge in [0.15, 0.2) is 0 Å². The average Bonchev–Trinajstić information content (AvgIpc) is 2.62. The third-order valence-corrected chi connectivity index (χ3v) is 3.69. The zero-order chi connectivity index (χ0) is 19.3. The van der Waals surface area contributed by atoms with Gasteiger partial charge in [-0.05, 0) is 17.7 Å². The smallest absolute Gasteiger partial charge is 0.266 e. The first-order valence-electron chi connectivity index (χ1n) is 7.74. The lowest BCUT2D eigenvalue weighted by molar-refractivity contribution is 0.146. The second-order valence-electron chi connectivity index (χ2n) is 4.84. The first kappa shape index (κ1) is 20.2. The number of rotatable bonds is 4. The van der Waals surface area contributed by atoms with Crippen LogP contribution in [0.2, 0.25) is 10.4 Å². The van der Waals surface area contributed by atoms with Crippen LogP contribution >= 0.6 is 23.2 Å². The molecular weight excluding hydrogens is 388 g/mol. The predicted octanol–water partition coefficient (Wildman–Crippen LogP) is 6.05. The number of fused-ring (bicyclic) bond motifs is 1. The van der Waals surface area contributed by atoms with Crippen LogP contribution in [0, 0.1) is 5.82 Å². The molecule has 0 fully saturated rings. The highest BCUT2D eigenvalue weighted by atomic mass is 35.5. The van der Waals surface area contributed by atoms with E-state index >= 15 is 0 Å². The van der Waals surface area contributed by atoms with E-state index in [0.717, 1.165) is 6.07 Å². The van der Waals surface area contributed by atoms with Crippen LogP contribution < -0.4 is 5.32 Å². The molecule has 0 spiro atoms. The Morgan fingerprint density at radius 1 is 1.15 bits per heavy atom. The van der Waals surface area contributed by atoms with E-state index in [1.54, 1.807) is 0 Å². The Labute approximate surface area is 158 Å². The third-order valence-electron chi connectivity index (χ3n) is 3.31. The Balaban J connectivity index is 0.00000117. The molecule has 1 N–H and O–H groups in total. The number of aromatic nitrogens is 3. The van der Waals surface area contributed by atoms with Crippen LogP contribution in [-0.4, -0.2) is 15.0 Å². The second-order valence-corrected chi connectivity index (χ2v) is 5.57. The number of hydrogen-bond acceptors (Lipinski definition) is 4. The van der Waals surface area contributed by atoms with Crippen LogP contribution in [0.15, 0.2) is 30.5 Å². The Hall–Kier alpha value is -2.12. The lowest BCUT2D eigenvalue weighted by atomic mass is 10.1. The molecule has 0 atom stereocenters. The van der Waals surface area contributed by atoms with Gasteiger partial charge in [0.05, 0.1) is 17.3 Å². The zero-order valence-electron chi connectivity index (χ0n) is 13.9. The molecule has 9 heteroatoms. The number of hydrogen-bond donors (Lipinski definition) is 1.